The molecule has 3 aromatic rings. The van der Waals surface area contributed by atoms with Crippen molar-refractivity contribution in [1.82, 2.24) is 19.9 Å². The van der Waals surface area contributed by atoms with E-state index in [1.165, 1.54) is 0 Å². The van der Waals surface area contributed by atoms with Gasteiger partial charge in [-0.25, -0.2) is 9.97 Å². The van der Waals surface area contributed by atoms with Crippen LogP contribution in [0.5, 0.6) is 0 Å². The van der Waals surface area contributed by atoms with Gasteiger partial charge in [0.1, 0.15) is 0 Å². The molecule has 5 nitrogen and oxygen atoms in total. The molecule has 0 saturated carbocycles. The lowest BCUT2D eigenvalue weighted by atomic mass is 10.2. The lowest BCUT2D eigenvalue weighted by Gasteiger charge is -1.96. The van der Waals surface area contributed by atoms with Crippen LogP contribution in [0.2, 0.25) is 0 Å². The molecule has 126 valence electrons. The molecule has 0 atom stereocenters. The molecule has 2 aliphatic heterocycles. The minimum atomic E-state index is -0.0865. The Morgan fingerprint density at radius 3 is 2.19 bits per heavy atom. The Bertz CT molecular complexity index is 1230. The van der Waals surface area contributed by atoms with Gasteiger partial charge in [0.05, 0.1) is 29.4 Å². The highest BCUT2D eigenvalue weighted by Crippen LogP contribution is 2.21. The maximum absolute atomic E-state index is 9.87. The number of rotatable bonds is 1. The predicted molar refractivity (Wildman–Crippen MR) is 105 cm³/mol. The van der Waals surface area contributed by atoms with Gasteiger partial charge in [-0.2, -0.15) is 0 Å². The first-order chi connectivity index (χ1) is 12.8. The number of aliphatic hydroxyl groups is 1. The molecule has 0 unspecified atom stereocenters. The van der Waals surface area contributed by atoms with E-state index in [9.17, 15) is 5.11 Å². The van der Waals surface area contributed by atoms with E-state index in [0.717, 1.165) is 50.4 Å². The molecule has 0 fully saturated rings. The van der Waals surface area contributed by atoms with Crippen LogP contribution in [-0.2, 0) is 6.61 Å². The molecule has 0 amide bonds. The zero-order valence-electron chi connectivity index (χ0n) is 13.9. The summed E-state index contributed by atoms with van der Waals surface area (Å²) < 4.78 is 0. The Labute approximate surface area is 149 Å². The molecular formula is C21H16N4O. The van der Waals surface area contributed by atoms with Gasteiger partial charge in [-0.3, -0.25) is 0 Å². The third kappa shape index (κ3) is 2.64. The van der Waals surface area contributed by atoms with Gasteiger partial charge in [0.15, 0.2) is 0 Å². The van der Waals surface area contributed by atoms with Crippen molar-refractivity contribution in [2.24, 2.45) is 0 Å². The number of hydrogen-bond donors (Lipinski definition) is 3. The fraction of sp³-hybridized carbons (Fsp3) is 0.0476. The van der Waals surface area contributed by atoms with Crippen LogP contribution >= 0.6 is 0 Å². The highest BCUT2D eigenvalue weighted by Gasteiger charge is 2.07. The lowest BCUT2D eigenvalue weighted by Crippen LogP contribution is -1.89. The standard InChI is InChI=1S/C21H16N4O/c26-12-19-20-7-5-17(24-20)10-15-3-1-13(22-15)9-14-2-4-16(23-14)11-18-6-8-21(19)25-18/h1-11,22,24,26H,12H2. The lowest BCUT2D eigenvalue weighted by molar-refractivity contribution is 0.282. The van der Waals surface area contributed by atoms with E-state index >= 15 is 0 Å². The third-order valence-corrected chi connectivity index (χ3v) is 4.49. The number of fused-ring (bicyclic) bond motifs is 8. The van der Waals surface area contributed by atoms with Gasteiger partial charge in [0.25, 0.3) is 0 Å². The zero-order chi connectivity index (χ0) is 17.5. The Morgan fingerprint density at radius 2 is 1.35 bits per heavy atom. The molecule has 0 saturated heterocycles. The summed E-state index contributed by atoms with van der Waals surface area (Å²) in [7, 11) is 0. The van der Waals surface area contributed by atoms with Gasteiger partial charge in [-0.15, -0.1) is 0 Å². The summed E-state index contributed by atoms with van der Waals surface area (Å²) in [6.07, 6.45) is 7.82. The maximum atomic E-state index is 9.87. The van der Waals surface area contributed by atoms with Crippen molar-refractivity contribution in [2.45, 2.75) is 6.61 Å². The van der Waals surface area contributed by atoms with Crippen molar-refractivity contribution in [3.63, 3.8) is 0 Å². The van der Waals surface area contributed by atoms with Crippen molar-refractivity contribution < 1.29 is 5.11 Å². The number of hydrogen-bond acceptors (Lipinski definition) is 3. The van der Waals surface area contributed by atoms with E-state index in [2.05, 4.69) is 19.9 Å². The largest absolute Gasteiger partial charge is 0.392 e. The summed E-state index contributed by atoms with van der Waals surface area (Å²) >= 11 is 0. The monoisotopic (exact) mass is 340 g/mol. The first-order valence-corrected chi connectivity index (χ1v) is 8.44. The number of aliphatic hydroxyl groups excluding tert-OH is 1. The maximum Gasteiger partial charge on any atom is 0.0723 e. The van der Waals surface area contributed by atoms with E-state index in [1.807, 2.05) is 66.8 Å². The van der Waals surface area contributed by atoms with Crippen LogP contribution in [0.3, 0.4) is 0 Å². The van der Waals surface area contributed by atoms with Gasteiger partial charge in [0.2, 0.25) is 0 Å². The quantitative estimate of drug-likeness (QED) is 0.429. The van der Waals surface area contributed by atoms with Gasteiger partial charge in [-0.05, 0) is 66.8 Å². The van der Waals surface area contributed by atoms with Crippen LogP contribution in [0.15, 0.2) is 42.5 Å². The molecular weight excluding hydrogens is 324 g/mol. The topological polar surface area (TPSA) is 77.6 Å². The van der Waals surface area contributed by atoms with Crippen molar-refractivity contribution in [3.05, 3.63) is 70.8 Å². The van der Waals surface area contributed by atoms with Crippen LogP contribution in [0.25, 0.3) is 46.4 Å². The second-order valence-corrected chi connectivity index (χ2v) is 6.32. The van der Waals surface area contributed by atoms with E-state index in [0.29, 0.717) is 0 Å². The van der Waals surface area contributed by atoms with E-state index in [4.69, 9.17) is 0 Å². The predicted octanol–water partition coefficient (Wildman–Crippen LogP) is 4.15. The molecule has 3 N–H and O–H groups in total. The molecule has 5 heterocycles. The van der Waals surface area contributed by atoms with E-state index in [1.54, 1.807) is 0 Å². The fourth-order valence-corrected chi connectivity index (χ4v) is 3.23. The van der Waals surface area contributed by atoms with Crippen LogP contribution in [0.4, 0.5) is 0 Å². The van der Waals surface area contributed by atoms with Gasteiger partial charge in [0, 0.05) is 27.6 Å². The first kappa shape index (κ1) is 14.9. The molecule has 5 rings (SSSR count). The van der Waals surface area contributed by atoms with Crippen LogP contribution in [-0.4, -0.2) is 25.0 Å². The molecule has 0 aliphatic carbocycles. The summed E-state index contributed by atoms with van der Waals surface area (Å²) in [6.45, 7) is -0.0865. The van der Waals surface area contributed by atoms with Crippen molar-refractivity contribution in [1.29, 1.82) is 0 Å². The van der Waals surface area contributed by atoms with Crippen LogP contribution in [0, 0.1) is 0 Å². The number of H-pyrrole nitrogens is 2. The Balaban J connectivity index is 1.88. The summed E-state index contributed by atoms with van der Waals surface area (Å²) in [5, 5.41) is 9.87. The highest BCUT2D eigenvalue weighted by molar-refractivity contribution is 5.79. The summed E-state index contributed by atoms with van der Waals surface area (Å²) in [6, 6.07) is 14.0. The molecule has 8 bridgehead atoms. The smallest absolute Gasteiger partial charge is 0.0723 e. The highest BCUT2D eigenvalue weighted by atomic mass is 16.3. The van der Waals surface area contributed by atoms with Crippen molar-refractivity contribution in [2.75, 3.05) is 0 Å². The second-order valence-electron chi connectivity index (χ2n) is 6.32. The Kier molecular flexibility index (Phi) is 3.33. The number of aromatic nitrogens is 4. The average molecular weight is 340 g/mol. The van der Waals surface area contributed by atoms with E-state index in [-0.39, 0.29) is 6.61 Å². The van der Waals surface area contributed by atoms with Crippen LogP contribution < -0.4 is 0 Å². The van der Waals surface area contributed by atoms with Crippen molar-refractivity contribution >= 4 is 46.4 Å². The van der Waals surface area contributed by atoms with Crippen LogP contribution in [0.1, 0.15) is 28.3 Å². The van der Waals surface area contributed by atoms with Gasteiger partial charge >= 0.3 is 0 Å². The second kappa shape index (κ2) is 5.82. The molecule has 5 heteroatoms. The molecule has 0 aromatic carbocycles. The first-order valence-electron chi connectivity index (χ1n) is 8.44. The van der Waals surface area contributed by atoms with Gasteiger partial charge < -0.3 is 15.1 Å². The minimum Gasteiger partial charge on any atom is -0.392 e. The fourth-order valence-electron chi connectivity index (χ4n) is 3.23. The molecule has 3 aromatic heterocycles. The summed E-state index contributed by atoms with van der Waals surface area (Å²) in [5.74, 6) is 0. The number of aromatic amines is 2. The summed E-state index contributed by atoms with van der Waals surface area (Å²) in [4.78, 5) is 16.0. The SMILES string of the molecule is OCc1c2nc(cc3nc(cc4ccc(cc5ccc1[nH]5)[nH]4)C=C3)C=C2. The number of nitrogens with zero attached hydrogens (tertiary/aromatic N) is 2. The minimum absolute atomic E-state index is 0.0865. The number of nitrogens with one attached hydrogen (secondary N) is 2. The normalized spacial score (nSPS) is 12.7. The molecule has 26 heavy (non-hydrogen) atoms. The zero-order valence-corrected chi connectivity index (χ0v) is 13.9. The average Bonchev–Trinajstić information content (AvgIpc) is 3.39. The third-order valence-electron chi connectivity index (χ3n) is 4.49. The molecule has 0 radical (unpaired) electrons. The Morgan fingerprint density at radius 1 is 0.692 bits per heavy atom. The Hall–Kier alpha value is -3.44. The molecule has 2 aliphatic rings. The van der Waals surface area contributed by atoms with Gasteiger partial charge in [-0.1, -0.05) is 0 Å². The van der Waals surface area contributed by atoms with Crippen molar-refractivity contribution in [3.8, 4) is 0 Å². The summed E-state index contributed by atoms with van der Waals surface area (Å²) in [5.41, 5.74) is 7.93. The van der Waals surface area contributed by atoms with E-state index < -0.39 is 0 Å². The molecule has 0 spiro atoms.